The monoisotopic (exact) mass is 229 g/mol. The Morgan fingerprint density at radius 2 is 2.12 bits per heavy atom. The van der Waals surface area contributed by atoms with Crippen molar-refractivity contribution in [3.05, 3.63) is 35.4 Å². The van der Waals surface area contributed by atoms with Gasteiger partial charge in [0.15, 0.2) is 0 Å². The predicted molar refractivity (Wildman–Crippen MR) is 59.2 cm³/mol. The minimum Gasteiger partial charge on any atom is -0.383 e. The van der Waals surface area contributed by atoms with Crippen LogP contribution in [0.15, 0.2) is 18.2 Å². The highest BCUT2D eigenvalue weighted by molar-refractivity contribution is 5.18. The van der Waals surface area contributed by atoms with Crippen molar-refractivity contribution in [2.45, 2.75) is 25.9 Å². The van der Waals surface area contributed by atoms with Crippen molar-refractivity contribution in [1.82, 2.24) is 5.32 Å². The second kappa shape index (κ2) is 6.55. The maximum absolute atomic E-state index is 13.3. The van der Waals surface area contributed by atoms with Gasteiger partial charge in [0.05, 0.1) is 6.61 Å². The van der Waals surface area contributed by atoms with Gasteiger partial charge in [-0.05, 0) is 12.5 Å². The van der Waals surface area contributed by atoms with Crippen LogP contribution >= 0.6 is 0 Å². The van der Waals surface area contributed by atoms with Crippen LogP contribution < -0.4 is 5.32 Å². The second-order valence-electron chi connectivity index (χ2n) is 3.68. The number of halogens is 2. The number of ether oxygens (including phenoxy) is 1. The third-order valence-corrected chi connectivity index (χ3v) is 2.46. The van der Waals surface area contributed by atoms with Crippen LogP contribution in [0, 0.1) is 11.6 Å². The van der Waals surface area contributed by atoms with Gasteiger partial charge in [0.25, 0.3) is 0 Å². The van der Waals surface area contributed by atoms with Crippen molar-refractivity contribution in [3.63, 3.8) is 0 Å². The van der Waals surface area contributed by atoms with Crippen molar-refractivity contribution in [3.8, 4) is 0 Å². The van der Waals surface area contributed by atoms with Gasteiger partial charge < -0.3 is 10.1 Å². The molecule has 4 heteroatoms. The standard InChI is InChI=1S/C12H17F2NO/c1-3-11(8-16-2)15-7-9-4-5-10(13)6-12(9)14/h4-6,11,15H,3,7-8H2,1-2H3. The van der Waals surface area contributed by atoms with Gasteiger partial charge in [0, 0.05) is 31.3 Å². The molecule has 1 N–H and O–H groups in total. The fourth-order valence-electron chi connectivity index (χ4n) is 1.44. The highest BCUT2D eigenvalue weighted by atomic mass is 19.1. The number of rotatable bonds is 6. The summed E-state index contributed by atoms with van der Waals surface area (Å²) < 4.78 is 30.9. The molecule has 0 aliphatic carbocycles. The van der Waals surface area contributed by atoms with Crippen LogP contribution in [0.1, 0.15) is 18.9 Å². The van der Waals surface area contributed by atoms with Crippen molar-refractivity contribution < 1.29 is 13.5 Å². The van der Waals surface area contributed by atoms with E-state index in [0.29, 0.717) is 18.7 Å². The number of methoxy groups -OCH3 is 1. The van der Waals surface area contributed by atoms with Crippen LogP contribution in [0.4, 0.5) is 8.78 Å². The second-order valence-corrected chi connectivity index (χ2v) is 3.68. The summed E-state index contributed by atoms with van der Waals surface area (Å²) >= 11 is 0. The van der Waals surface area contributed by atoms with E-state index in [4.69, 9.17) is 4.74 Å². The van der Waals surface area contributed by atoms with Crippen molar-refractivity contribution in [2.24, 2.45) is 0 Å². The van der Waals surface area contributed by atoms with Gasteiger partial charge in [-0.2, -0.15) is 0 Å². The molecule has 0 spiro atoms. The lowest BCUT2D eigenvalue weighted by Gasteiger charge is -2.16. The Morgan fingerprint density at radius 3 is 2.69 bits per heavy atom. The van der Waals surface area contributed by atoms with E-state index in [1.54, 1.807) is 7.11 Å². The largest absolute Gasteiger partial charge is 0.383 e. The fraction of sp³-hybridized carbons (Fsp3) is 0.500. The predicted octanol–water partition coefficient (Wildman–Crippen LogP) is 2.48. The minimum absolute atomic E-state index is 0.189. The Morgan fingerprint density at radius 1 is 1.38 bits per heavy atom. The molecule has 16 heavy (non-hydrogen) atoms. The van der Waals surface area contributed by atoms with Crippen molar-refractivity contribution >= 4 is 0 Å². The maximum Gasteiger partial charge on any atom is 0.130 e. The van der Waals surface area contributed by atoms with Gasteiger partial charge >= 0.3 is 0 Å². The summed E-state index contributed by atoms with van der Waals surface area (Å²) in [5, 5.41) is 3.16. The van der Waals surface area contributed by atoms with Gasteiger partial charge in [-0.25, -0.2) is 8.78 Å². The smallest absolute Gasteiger partial charge is 0.130 e. The van der Waals surface area contributed by atoms with E-state index in [1.165, 1.54) is 12.1 Å². The quantitative estimate of drug-likeness (QED) is 0.809. The molecule has 2 nitrogen and oxygen atoms in total. The first kappa shape index (κ1) is 13.1. The van der Waals surface area contributed by atoms with E-state index in [2.05, 4.69) is 5.32 Å². The molecule has 0 radical (unpaired) electrons. The Hall–Kier alpha value is -1.00. The van der Waals surface area contributed by atoms with Crippen LogP contribution in [0.3, 0.4) is 0 Å². The first-order chi connectivity index (χ1) is 7.67. The summed E-state index contributed by atoms with van der Waals surface area (Å²) in [4.78, 5) is 0. The minimum atomic E-state index is -0.551. The normalized spacial score (nSPS) is 12.8. The molecule has 1 aromatic carbocycles. The van der Waals surface area contributed by atoms with Gasteiger partial charge in [0.1, 0.15) is 11.6 Å². The van der Waals surface area contributed by atoms with Crippen LogP contribution in [-0.4, -0.2) is 19.8 Å². The molecule has 1 rings (SSSR count). The fourth-order valence-corrected chi connectivity index (χ4v) is 1.44. The average molecular weight is 229 g/mol. The Kier molecular flexibility index (Phi) is 5.35. The molecule has 0 saturated heterocycles. The lowest BCUT2D eigenvalue weighted by atomic mass is 10.1. The zero-order valence-corrected chi connectivity index (χ0v) is 9.59. The topological polar surface area (TPSA) is 21.3 Å². The van der Waals surface area contributed by atoms with Crippen LogP contribution in [0.2, 0.25) is 0 Å². The van der Waals surface area contributed by atoms with Crippen LogP contribution in [-0.2, 0) is 11.3 Å². The van der Waals surface area contributed by atoms with Crippen molar-refractivity contribution in [2.75, 3.05) is 13.7 Å². The molecule has 0 amide bonds. The summed E-state index contributed by atoms with van der Waals surface area (Å²) in [6, 6.07) is 3.80. The molecule has 0 saturated carbocycles. The lowest BCUT2D eigenvalue weighted by Crippen LogP contribution is -2.32. The molecular weight excluding hydrogens is 212 g/mol. The first-order valence-corrected chi connectivity index (χ1v) is 5.33. The van der Waals surface area contributed by atoms with Crippen LogP contribution in [0.25, 0.3) is 0 Å². The summed E-state index contributed by atoms with van der Waals surface area (Å²) in [6.07, 6.45) is 0.899. The molecule has 90 valence electrons. The molecule has 1 atom stereocenters. The highest BCUT2D eigenvalue weighted by Crippen LogP contribution is 2.09. The molecule has 0 fully saturated rings. The van der Waals surface area contributed by atoms with E-state index in [-0.39, 0.29) is 6.04 Å². The third-order valence-electron chi connectivity index (χ3n) is 2.46. The van der Waals surface area contributed by atoms with Gasteiger partial charge in [-0.3, -0.25) is 0 Å². The molecule has 0 aliphatic rings. The van der Waals surface area contributed by atoms with Crippen LogP contribution in [0.5, 0.6) is 0 Å². The van der Waals surface area contributed by atoms with Gasteiger partial charge in [-0.15, -0.1) is 0 Å². The molecule has 1 unspecified atom stereocenters. The molecule has 0 aliphatic heterocycles. The van der Waals surface area contributed by atoms with E-state index in [1.807, 2.05) is 6.92 Å². The maximum atomic E-state index is 13.3. The third kappa shape index (κ3) is 3.87. The van der Waals surface area contributed by atoms with Gasteiger partial charge in [-0.1, -0.05) is 13.0 Å². The Balaban J connectivity index is 2.53. The van der Waals surface area contributed by atoms with Crippen molar-refractivity contribution in [1.29, 1.82) is 0 Å². The number of nitrogens with one attached hydrogen (secondary N) is 1. The summed E-state index contributed by atoms with van der Waals surface area (Å²) in [6.45, 7) is 2.99. The first-order valence-electron chi connectivity index (χ1n) is 5.33. The van der Waals surface area contributed by atoms with E-state index >= 15 is 0 Å². The van der Waals surface area contributed by atoms with E-state index in [9.17, 15) is 8.78 Å². The number of benzene rings is 1. The Labute approximate surface area is 94.6 Å². The van der Waals surface area contributed by atoms with Gasteiger partial charge in [0.2, 0.25) is 0 Å². The summed E-state index contributed by atoms with van der Waals surface area (Å²) in [5.74, 6) is -1.06. The number of hydrogen-bond acceptors (Lipinski definition) is 2. The molecule has 0 aromatic heterocycles. The van der Waals surface area contributed by atoms with E-state index in [0.717, 1.165) is 12.5 Å². The molecule has 0 bridgehead atoms. The molecule has 0 heterocycles. The summed E-state index contributed by atoms with van der Waals surface area (Å²) in [7, 11) is 1.63. The molecule has 1 aromatic rings. The average Bonchev–Trinajstić information content (AvgIpc) is 2.26. The SMILES string of the molecule is CCC(COC)NCc1ccc(F)cc1F. The number of hydrogen-bond donors (Lipinski definition) is 1. The molecular formula is C12H17F2NO. The summed E-state index contributed by atoms with van der Waals surface area (Å²) in [5.41, 5.74) is 0.468. The zero-order chi connectivity index (χ0) is 12.0. The highest BCUT2D eigenvalue weighted by Gasteiger charge is 2.07. The van der Waals surface area contributed by atoms with E-state index < -0.39 is 11.6 Å². The Bertz CT molecular complexity index is 331. The lowest BCUT2D eigenvalue weighted by molar-refractivity contribution is 0.163. The zero-order valence-electron chi connectivity index (χ0n) is 9.59.